The van der Waals surface area contributed by atoms with Crippen LogP contribution in [0.15, 0.2) is 27.4 Å². The predicted molar refractivity (Wildman–Crippen MR) is 79.4 cm³/mol. The van der Waals surface area contributed by atoms with Crippen molar-refractivity contribution in [3.8, 4) is 5.75 Å². The Morgan fingerprint density at radius 2 is 1.95 bits per heavy atom. The molecule has 6 nitrogen and oxygen atoms in total. The van der Waals surface area contributed by atoms with Gasteiger partial charge in [-0.1, -0.05) is 13.8 Å². The standard InChI is InChI=1S/C16H16O6/c1-8(2)15(21)9-3-4-11(19)16-14(9)12(20)7-13(22-16)10(18)5-6-17/h3-4,7-8,17,19H,5-6H2,1-2H3. The first kappa shape index (κ1) is 15.9. The Morgan fingerprint density at radius 3 is 2.55 bits per heavy atom. The van der Waals surface area contributed by atoms with Gasteiger partial charge in [0.25, 0.3) is 0 Å². The smallest absolute Gasteiger partial charge is 0.200 e. The molecule has 0 atom stereocenters. The summed E-state index contributed by atoms with van der Waals surface area (Å²) in [4.78, 5) is 36.2. The number of carbonyl (C=O) groups is 2. The number of phenolic OH excluding ortho intramolecular Hbond substituents is 1. The number of hydrogen-bond acceptors (Lipinski definition) is 6. The minimum Gasteiger partial charge on any atom is -0.504 e. The van der Waals surface area contributed by atoms with Crippen LogP contribution < -0.4 is 5.43 Å². The number of rotatable bonds is 5. The molecule has 0 spiro atoms. The first-order chi connectivity index (χ1) is 10.4. The summed E-state index contributed by atoms with van der Waals surface area (Å²) in [5.41, 5.74) is -0.625. The van der Waals surface area contributed by atoms with Crippen LogP contribution in [0.1, 0.15) is 41.2 Å². The van der Waals surface area contributed by atoms with Crippen LogP contribution in [-0.4, -0.2) is 28.4 Å². The number of Topliss-reactive ketones (excluding diaryl/α,β-unsaturated/α-hetero) is 2. The maximum atomic E-state index is 12.3. The Morgan fingerprint density at radius 1 is 1.27 bits per heavy atom. The van der Waals surface area contributed by atoms with Gasteiger partial charge in [0.1, 0.15) is 0 Å². The molecule has 0 unspecified atom stereocenters. The van der Waals surface area contributed by atoms with Gasteiger partial charge in [-0.25, -0.2) is 0 Å². The van der Waals surface area contributed by atoms with Gasteiger partial charge in [-0.05, 0) is 12.1 Å². The summed E-state index contributed by atoms with van der Waals surface area (Å²) in [6.07, 6.45) is -0.195. The molecule has 0 bridgehead atoms. The molecule has 1 aromatic heterocycles. The molecule has 6 heteroatoms. The van der Waals surface area contributed by atoms with Crippen molar-refractivity contribution < 1.29 is 24.2 Å². The molecule has 0 fully saturated rings. The molecule has 1 heterocycles. The van der Waals surface area contributed by atoms with Crippen LogP contribution in [0.4, 0.5) is 0 Å². The highest BCUT2D eigenvalue weighted by atomic mass is 16.4. The number of fused-ring (bicyclic) bond motifs is 1. The van der Waals surface area contributed by atoms with Crippen LogP contribution in [0.2, 0.25) is 0 Å². The SMILES string of the molecule is CC(C)C(=O)c1ccc(O)c2oc(C(=O)CCO)cc(=O)c12. The molecule has 2 aromatic rings. The van der Waals surface area contributed by atoms with E-state index in [1.807, 2.05) is 0 Å². The van der Waals surface area contributed by atoms with Crippen LogP contribution in [0, 0.1) is 5.92 Å². The van der Waals surface area contributed by atoms with Crippen molar-refractivity contribution in [2.75, 3.05) is 6.61 Å². The maximum Gasteiger partial charge on any atom is 0.200 e. The van der Waals surface area contributed by atoms with E-state index < -0.39 is 11.2 Å². The third-order valence-electron chi connectivity index (χ3n) is 3.26. The van der Waals surface area contributed by atoms with Crippen molar-refractivity contribution in [3.63, 3.8) is 0 Å². The van der Waals surface area contributed by atoms with Crippen molar-refractivity contribution in [1.82, 2.24) is 0 Å². The summed E-state index contributed by atoms with van der Waals surface area (Å²) in [6.45, 7) is 3.02. The molecule has 0 aliphatic rings. The number of hydrogen-bond donors (Lipinski definition) is 2. The summed E-state index contributed by atoms with van der Waals surface area (Å²) in [7, 11) is 0. The topological polar surface area (TPSA) is 105 Å². The van der Waals surface area contributed by atoms with Gasteiger partial charge in [0.2, 0.25) is 0 Å². The van der Waals surface area contributed by atoms with Gasteiger partial charge in [-0.2, -0.15) is 0 Å². The van der Waals surface area contributed by atoms with Gasteiger partial charge in [0.05, 0.1) is 12.0 Å². The molecule has 116 valence electrons. The maximum absolute atomic E-state index is 12.3. The first-order valence-electron chi connectivity index (χ1n) is 6.85. The summed E-state index contributed by atoms with van der Waals surface area (Å²) in [6, 6.07) is 3.60. The Kier molecular flexibility index (Phi) is 4.42. The fourth-order valence-electron chi connectivity index (χ4n) is 2.13. The van der Waals surface area contributed by atoms with Crippen molar-refractivity contribution in [2.24, 2.45) is 5.92 Å². The van der Waals surface area contributed by atoms with Gasteiger partial charge in [-0.3, -0.25) is 14.4 Å². The number of aliphatic hydroxyl groups excluding tert-OH is 1. The minimum absolute atomic E-state index is 0.0424. The average molecular weight is 304 g/mol. The highest BCUT2D eigenvalue weighted by Crippen LogP contribution is 2.28. The quantitative estimate of drug-likeness (QED) is 0.817. The lowest BCUT2D eigenvalue weighted by Gasteiger charge is -2.09. The summed E-state index contributed by atoms with van der Waals surface area (Å²) in [5, 5.41) is 18.6. The van der Waals surface area contributed by atoms with Gasteiger partial charge in [0, 0.05) is 24.0 Å². The number of aliphatic hydroxyl groups is 1. The van der Waals surface area contributed by atoms with Gasteiger partial charge < -0.3 is 14.6 Å². The number of phenols is 1. The zero-order chi connectivity index (χ0) is 16.4. The van der Waals surface area contributed by atoms with E-state index in [1.165, 1.54) is 12.1 Å². The Hall–Kier alpha value is -2.47. The zero-order valence-corrected chi connectivity index (χ0v) is 12.3. The molecule has 0 saturated heterocycles. The largest absolute Gasteiger partial charge is 0.504 e. The lowest BCUT2D eigenvalue weighted by molar-refractivity contribution is 0.0927. The molecule has 0 saturated carbocycles. The zero-order valence-electron chi connectivity index (χ0n) is 12.3. The summed E-state index contributed by atoms with van der Waals surface area (Å²) >= 11 is 0. The second kappa shape index (κ2) is 6.11. The van der Waals surface area contributed by atoms with E-state index in [1.54, 1.807) is 13.8 Å². The van der Waals surface area contributed by atoms with E-state index in [2.05, 4.69) is 0 Å². The van der Waals surface area contributed by atoms with Gasteiger partial charge in [0.15, 0.2) is 34.1 Å². The minimum atomic E-state index is -0.581. The molecular formula is C16H16O6. The summed E-state index contributed by atoms with van der Waals surface area (Å²) < 4.78 is 5.30. The molecule has 2 N–H and O–H groups in total. The Balaban J connectivity index is 2.75. The average Bonchev–Trinajstić information content (AvgIpc) is 2.47. The van der Waals surface area contributed by atoms with Crippen LogP contribution in [0.5, 0.6) is 5.75 Å². The second-order valence-electron chi connectivity index (χ2n) is 5.23. The number of ketones is 2. The molecule has 0 aliphatic carbocycles. The van der Waals surface area contributed by atoms with Crippen molar-refractivity contribution in [1.29, 1.82) is 0 Å². The lowest BCUT2D eigenvalue weighted by Crippen LogP contribution is -2.14. The van der Waals surface area contributed by atoms with E-state index in [0.717, 1.165) is 6.07 Å². The first-order valence-corrected chi connectivity index (χ1v) is 6.85. The molecule has 0 aliphatic heterocycles. The van der Waals surface area contributed by atoms with Crippen molar-refractivity contribution >= 4 is 22.5 Å². The Bertz CT molecular complexity index is 800. The molecule has 0 amide bonds. The lowest BCUT2D eigenvalue weighted by atomic mass is 9.97. The Labute approximate surface area is 126 Å². The highest BCUT2D eigenvalue weighted by molar-refractivity contribution is 6.09. The molecule has 1 aromatic carbocycles. The highest BCUT2D eigenvalue weighted by Gasteiger charge is 2.21. The van der Waals surface area contributed by atoms with E-state index in [4.69, 9.17) is 9.52 Å². The van der Waals surface area contributed by atoms with E-state index >= 15 is 0 Å². The van der Waals surface area contributed by atoms with Crippen molar-refractivity contribution in [2.45, 2.75) is 20.3 Å². The molecule has 22 heavy (non-hydrogen) atoms. The molecule has 0 radical (unpaired) electrons. The van der Waals surface area contributed by atoms with Crippen LogP contribution in [-0.2, 0) is 0 Å². The second-order valence-corrected chi connectivity index (χ2v) is 5.23. The predicted octanol–water partition coefficient (Wildman–Crippen LogP) is 1.90. The molecule has 2 rings (SSSR count). The number of carbonyl (C=O) groups excluding carboxylic acids is 2. The third-order valence-corrected chi connectivity index (χ3v) is 3.26. The monoisotopic (exact) mass is 304 g/mol. The normalized spacial score (nSPS) is 11.1. The van der Waals surface area contributed by atoms with Gasteiger partial charge >= 0.3 is 0 Å². The van der Waals surface area contributed by atoms with E-state index in [0.29, 0.717) is 0 Å². The fraction of sp³-hybridized carbons (Fsp3) is 0.312. The van der Waals surface area contributed by atoms with Gasteiger partial charge in [-0.15, -0.1) is 0 Å². The van der Waals surface area contributed by atoms with Crippen LogP contribution in [0.25, 0.3) is 11.0 Å². The van der Waals surface area contributed by atoms with E-state index in [-0.39, 0.29) is 52.8 Å². The fourth-order valence-corrected chi connectivity index (χ4v) is 2.13. The third kappa shape index (κ3) is 2.78. The number of aromatic hydroxyl groups is 1. The number of benzene rings is 1. The van der Waals surface area contributed by atoms with Crippen LogP contribution >= 0.6 is 0 Å². The summed E-state index contributed by atoms with van der Waals surface area (Å²) in [5.74, 6) is -1.72. The van der Waals surface area contributed by atoms with E-state index in [9.17, 15) is 19.5 Å². The molecular weight excluding hydrogens is 288 g/mol. The van der Waals surface area contributed by atoms with Crippen LogP contribution in [0.3, 0.4) is 0 Å². The van der Waals surface area contributed by atoms with Crippen molar-refractivity contribution in [3.05, 3.63) is 39.7 Å².